The zero-order valence-electron chi connectivity index (χ0n) is 9.31. The number of piperidine rings is 1. The number of rotatable bonds is 3. The van der Waals surface area contributed by atoms with Crippen molar-refractivity contribution in [1.82, 2.24) is 14.3 Å². The highest BCUT2D eigenvalue weighted by Gasteiger charge is 2.19. The van der Waals surface area contributed by atoms with Crippen molar-refractivity contribution in [2.24, 2.45) is 0 Å². The fraction of sp³-hybridized carbons (Fsp3) is 0.700. The number of nitrogens with zero attached hydrogens (tertiary/aromatic N) is 4. The van der Waals surface area contributed by atoms with Crippen LogP contribution in [0, 0.1) is 18.3 Å². The molecule has 16 heavy (non-hydrogen) atoms. The molecule has 2 heterocycles. The first-order chi connectivity index (χ1) is 7.78. The van der Waals surface area contributed by atoms with Crippen LogP contribution in [0.25, 0.3) is 0 Å². The van der Waals surface area contributed by atoms with E-state index >= 15 is 0 Å². The van der Waals surface area contributed by atoms with Gasteiger partial charge in [-0.3, -0.25) is 4.90 Å². The highest BCUT2D eigenvalue weighted by molar-refractivity contribution is 7.09. The van der Waals surface area contributed by atoms with Crippen LogP contribution in [0.3, 0.4) is 0 Å². The third-order valence-electron chi connectivity index (χ3n) is 2.74. The highest BCUT2D eigenvalue weighted by Crippen LogP contribution is 2.17. The van der Waals surface area contributed by atoms with Crippen molar-refractivity contribution in [3.05, 3.63) is 5.82 Å². The molecule has 0 bridgehead atoms. The minimum absolute atomic E-state index is 0.474. The molecule has 86 valence electrons. The largest absolute Gasteiger partial charge is 0.357 e. The molecular formula is C10H15N5S. The number of hydrogen-bond acceptors (Lipinski definition) is 6. The third-order valence-corrected chi connectivity index (χ3v) is 3.47. The molecule has 2 rings (SSSR count). The van der Waals surface area contributed by atoms with Crippen molar-refractivity contribution >= 4 is 16.7 Å². The first-order valence-corrected chi connectivity index (χ1v) is 6.21. The van der Waals surface area contributed by atoms with Crippen molar-refractivity contribution in [3.8, 4) is 6.07 Å². The van der Waals surface area contributed by atoms with Crippen LogP contribution in [0.1, 0.15) is 18.7 Å². The fourth-order valence-electron chi connectivity index (χ4n) is 1.87. The Morgan fingerprint density at radius 1 is 1.56 bits per heavy atom. The predicted molar refractivity (Wildman–Crippen MR) is 63.3 cm³/mol. The van der Waals surface area contributed by atoms with Crippen LogP contribution in [-0.4, -0.2) is 39.9 Å². The number of hydrogen-bond donors (Lipinski definition) is 1. The molecule has 0 amide bonds. The molecule has 0 saturated carbocycles. The van der Waals surface area contributed by atoms with E-state index < -0.39 is 0 Å². The topological polar surface area (TPSA) is 64.8 Å². The van der Waals surface area contributed by atoms with Gasteiger partial charge in [0.25, 0.3) is 0 Å². The SMILES string of the molecule is Cc1nsc(NC2CCN(CC#N)CC2)n1. The van der Waals surface area contributed by atoms with Crippen LogP contribution in [0.15, 0.2) is 0 Å². The molecule has 1 aliphatic heterocycles. The molecule has 0 spiro atoms. The van der Waals surface area contributed by atoms with Crippen molar-refractivity contribution in [2.45, 2.75) is 25.8 Å². The highest BCUT2D eigenvalue weighted by atomic mass is 32.1. The maximum atomic E-state index is 8.60. The van der Waals surface area contributed by atoms with Gasteiger partial charge in [-0.15, -0.1) is 0 Å². The Bertz CT molecular complexity index is 375. The summed E-state index contributed by atoms with van der Waals surface area (Å²) in [5.41, 5.74) is 0. The van der Waals surface area contributed by atoms with E-state index in [4.69, 9.17) is 5.26 Å². The first-order valence-electron chi connectivity index (χ1n) is 5.44. The number of likely N-dealkylation sites (tertiary alicyclic amines) is 1. The van der Waals surface area contributed by atoms with Gasteiger partial charge < -0.3 is 5.32 Å². The molecule has 1 aromatic rings. The summed E-state index contributed by atoms with van der Waals surface area (Å²) in [4.78, 5) is 6.47. The normalized spacial score (nSPS) is 18.2. The zero-order valence-corrected chi connectivity index (χ0v) is 10.1. The Balaban J connectivity index is 1.79. The lowest BCUT2D eigenvalue weighted by molar-refractivity contribution is 0.242. The van der Waals surface area contributed by atoms with Crippen molar-refractivity contribution in [1.29, 1.82) is 5.26 Å². The minimum atomic E-state index is 0.474. The van der Waals surface area contributed by atoms with Gasteiger partial charge in [0.05, 0.1) is 12.6 Å². The Morgan fingerprint density at radius 3 is 2.88 bits per heavy atom. The van der Waals surface area contributed by atoms with E-state index in [1.165, 1.54) is 11.5 Å². The molecule has 1 N–H and O–H groups in total. The monoisotopic (exact) mass is 237 g/mol. The Hall–Kier alpha value is -1.19. The Morgan fingerprint density at radius 2 is 2.31 bits per heavy atom. The van der Waals surface area contributed by atoms with E-state index in [0.29, 0.717) is 12.6 Å². The standard InChI is InChI=1S/C10H15N5S/c1-8-12-10(16-14-8)13-9-2-5-15(6-3-9)7-4-11/h9H,2-3,5-7H2,1H3,(H,12,13,14). The number of nitriles is 1. The summed E-state index contributed by atoms with van der Waals surface area (Å²) < 4.78 is 4.14. The summed E-state index contributed by atoms with van der Waals surface area (Å²) in [5.74, 6) is 0.828. The van der Waals surface area contributed by atoms with Gasteiger partial charge in [-0.2, -0.15) is 9.64 Å². The molecular weight excluding hydrogens is 222 g/mol. The van der Waals surface area contributed by atoms with Gasteiger partial charge in [0.1, 0.15) is 5.82 Å². The van der Waals surface area contributed by atoms with Crippen molar-refractivity contribution in [2.75, 3.05) is 25.0 Å². The molecule has 1 aromatic heterocycles. The van der Waals surface area contributed by atoms with Gasteiger partial charge >= 0.3 is 0 Å². The number of nitrogens with one attached hydrogen (secondary N) is 1. The summed E-state index contributed by atoms with van der Waals surface area (Å²) in [6.45, 7) is 4.42. The van der Waals surface area contributed by atoms with Gasteiger partial charge in [0.2, 0.25) is 5.13 Å². The Labute approximate surface area is 99.3 Å². The smallest absolute Gasteiger partial charge is 0.202 e. The zero-order chi connectivity index (χ0) is 11.4. The van der Waals surface area contributed by atoms with Crippen molar-refractivity contribution < 1.29 is 0 Å². The van der Waals surface area contributed by atoms with Gasteiger partial charge in [-0.05, 0) is 19.8 Å². The summed E-state index contributed by atoms with van der Waals surface area (Å²) >= 11 is 1.42. The van der Waals surface area contributed by atoms with E-state index in [-0.39, 0.29) is 0 Å². The van der Waals surface area contributed by atoms with Gasteiger partial charge in [0, 0.05) is 30.7 Å². The van der Waals surface area contributed by atoms with E-state index in [2.05, 4.69) is 25.6 Å². The van der Waals surface area contributed by atoms with E-state index in [0.717, 1.165) is 36.9 Å². The maximum Gasteiger partial charge on any atom is 0.202 e. The molecule has 0 unspecified atom stereocenters. The molecule has 0 atom stereocenters. The van der Waals surface area contributed by atoms with Gasteiger partial charge in [-0.25, -0.2) is 4.98 Å². The molecule has 0 aromatic carbocycles. The molecule has 6 heteroatoms. The summed E-state index contributed by atoms with van der Waals surface area (Å²) in [5, 5.41) is 12.9. The molecule has 5 nitrogen and oxygen atoms in total. The lowest BCUT2D eigenvalue weighted by Gasteiger charge is -2.30. The average molecular weight is 237 g/mol. The van der Waals surface area contributed by atoms with Crippen LogP contribution in [0.4, 0.5) is 5.13 Å². The second-order valence-electron chi connectivity index (χ2n) is 4.00. The van der Waals surface area contributed by atoms with E-state index in [1.807, 2.05) is 6.92 Å². The third kappa shape index (κ3) is 2.90. The number of anilines is 1. The second-order valence-corrected chi connectivity index (χ2v) is 4.75. The summed E-state index contributed by atoms with van der Waals surface area (Å²) in [6, 6.07) is 2.66. The van der Waals surface area contributed by atoms with Crippen LogP contribution < -0.4 is 5.32 Å². The molecule has 0 aliphatic carbocycles. The molecule has 1 aliphatic rings. The lowest BCUT2D eigenvalue weighted by atomic mass is 10.1. The van der Waals surface area contributed by atoms with Crippen LogP contribution >= 0.6 is 11.5 Å². The first kappa shape index (κ1) is 11.3. The number of aryl methyl sites for hydroxylation is 1. The van der Waals surface area contributed by atoms with Crippen molar-refractivity contribution in [3.63, 3.8) is 0 Å². The molecule has 1 fully saturated rings. The van der Waals surface area contributed by atoms with Crippen LogP contribution in [-0.2, 0) is 0 Å². The molecule has 0 radical (unpaired) electrons. The van der Waals surface area contributed by atoms with E-state index in [9.17, 15) is 0 Å². The van der Waals surface area contributed by atoms with Gasteiger partial charge in [-0.1, -0.05) is 0 Å². The second kappa shape index (κ2) is 5.23. The summed E-state index contributed by atoms with van der Waals surface area (Å²) in [6.07, 6.45) is 2.14. The lowest BCUT2D eigenvalue weighted by Crippen LogP contribution is -2.39. The van der Waals surface area contributed by atoms with Gasteiger partial charge in [0.15, 0.2) is 0 Å². The number of aromatic nitrogens is 2. The molecule has 1 saturated heterocycles. The summed E-state index contributed by atoms with van der Waals surface area (Å²) in [7, 11) is 0. The Kier molecular flexibility index (Phi) is 3.70. The van der Waals surface area contributed by atoms with Crippen LogP contribution in [0.5, 0.6) is 0 Å². The average Bonchev–Trinajstić information content (AvgIpc) is 2.67. The maximum absolute atomic E-state index is 8.60. The predicted octanol–water partition coefficient (Wildman–Crippen LogP) is 1.25. The quantitative estimate of drug-likeness (QED) is 0.801. The van der Waals surface area contributed by atoms with Crippen LogP contribution in [0.2, 0.25) is 0 Å². The van der Waals surface area contributed by atoms with E-state index in [1.54, 1.807) is 0 Å². The fourth-order valence-corrected chi connectivity index (χ4v) is 2.52. The minimum Gasteiger partial charge on any atom is -0.357 e.